The summed E-state index contributed by atoms with van der Waals surface area (Å²) in [6.45, 7) is 1.21. The van der Waals surface area contributed by atoms with Crippen molar-refractivity contribution in [2.45, 2.75) is 13.2 Å². The number of benzene rings is 2. The summed E-state index contributed by atoms with van der Waals surface area (Å²) < 4.78 is 6.01. The quantitative estimate of drug-likeness (QED) is 0.683. The lowest BCUT2D eigenvalue weighted by Crippen LogP contribution is -2.04. The van der Waals surface area contributed by atoms with Crippen LogP contribution in [0.15, 0.2) is 40.9 Å². The van der Waals surface area contributed by atoms with Gasteiger partial charge >= 0.3 is 0 Å². The SMILES string of the molecule is Nc1cccc(C(=O)c2ccc3c(c2)COC3)c1Br. The number of ether oxygens (including phenoxy) is 1. The molecular formula is C15H12BrNO2. The van der Waals surface area contributed by atoms with Crippen molar-refractivity contribution in [3.8, 4) is 0 Å². The van der Waals surface area contributed by atoms with Gasteiger partial charge in [-0.15, -0.1) is 0 Å². The molecule has 0 amide bonds. The van der Waals surface area contributed by atoms with Crippen LogP contribution in [0.2, 0.25) is 0 Å². The van der Waals surface area contributed by atoms with Gasteiger partial charge < -0.3 is 10.5 Å². The number of nitrogen functional groups attached to an aromatic ring is 1. The molecule has 2 aromatic carbocycles. The van der Waals surface area contributed by atoms with Gasteiger partial charge in [0.25, 0.3) is 0 Å². The predicted molar refractivity (Wildman–Crippen MR) is 76.9 cm³/mol. The number of nitrogens with two attached hydrogens (primary N) is 1. The molecule has 2 N–H and O–H groups in total. The van der Waals surface area contributed by atoms with Crippen LogP contribution in [0.5, 0.6) is 0 Å². The summed E-state index contributed by atoms with van der Waals surface area (Å²) in [6.07, 6.45) is 0. The number of carbonyl (C=O) groups is 1. The van der Waals surface area contributed by atoms with E-state index in [-0.39, 0.29) is 5.78 Å². The fraction of sp³-hybridized carbons (Fsp3) is 0.133. The van der Waals surface area contributed by atoms with E-state index in [1.54, 1.807) is 18.2 Å². The van der Waals surface area contributed by atoms with Gasteiger partial charge in [-0.05, 0) is 45.3 Å². The molecule has 1 aliphatic rings. The normalized spacial score (nSPS) is 13.3. The molecule has 96 valence electrons. The van der Waals surface area contributed by atoms with Crippen LogP contribution in [0.25, 0.3) is 0 Å². The van der Waals surface area contributed by atoms with Gasteiger partial charge in [0, 0.05) is 16.8 Å². The van der Waals surface area contributed by atoms with Gasteiger partial charge in [-0.2, -0.15) is 0 Å². The van der Waals surface area contributed by atoms with E-state index in [0.717, 1.165) is 11.1 Å². The molecule has 0 aromatic heterocycles. The number of halogens is 1. The molecule has 1 heterocycles. The van der Waals surface area contributed by atoms with Crippen LogP contribution >= 0.6 is 15.9 Å². The molecule has 0 spiro atoms. The van der Waals surface area contributed by atoms with Crippen LogP contribution in [0.1, 0.15) is 27.0 Å². The lowest BCUT2D eigenvalue weighted by Gasteiger charge is -2.07. The molecule has 1 aliphatic heterocycles. The molecular weight excluding hydrogens is 306 g/mol. The molecule has 0 unspecified atom stereocenters. The van der Waals surface area contributed by atoms with Crippen LogP contribution in [-0.4, -0.2) is 5.78 Å². The fourth-order valence-electron chi connectivity index (χ4n) is 2.19. The first-order valence-electron chi connectivity index (χ1n) is 5.95. The third kappa shape index (κ3) is 2.17. The topological polar surface area (TPSA) is 52.3 Å². The van der Waals surface area contributed by atoms with Crippen molar-refractivity contribution in [2.75, 3.05) is 5.73 Å². The Morgan fingerprint density at radius 2 is 1.95 bits per heavy atom. The van der Waals surface area contributed by atoms with Gasteiger partial charge in [-0.3, -0.25) is 4.79 Å². The second-order valence-corrected chi connectivity index (χ2v) is 5.31. The van der Waals surface area contributed by atoms with Gasteiger partial charge in [-0.25, -0.2) is 0 Å². The van der Waals surface area contributed by atoms with Crippen molar-refractivity contribution in [3.05, 3.63) is 63.1 Å². The molecule has 0 saturated heterocycles. The van der Waals surface area contributed by atoms with Gasteiger partial charge in [0.2, 0.25) is 0 Å². The van der Waals surface area contributed by atoms with Crippen LogP contribution in [0.4, 0.5) is 5.69 Å². The molecule has 0 atom stereocenters. The van der Waals surface area contributed by atoms with Gasteiger partial charge in [0.05, 0.1) is 17.7 Å². The smallest absolute Gasteiger partial charge is 0.194 e. The van der Waals surface area contributed by atoms with E-state index in [1.165, 1.54) is 0 Å². The van der Waals surface area contributed by atoms with Gasteiger partial charge in [0.15, 0.2) is 5.78 Å². The Morgan fingerprint density at radius 1 is 1.16 bits per heavy atom. The first-order valence-corrected chi connectivity index (χ1v) is 6.74. The van der Waals surface area contributed by atoms with Crippen molar-refractivity contribution in [1.82, 2.24) is 0 Å². The van der Waals surface area contributed by atoms with Crippen LogP contribution in [-0.2, 0) is 18.0 Å². The zero-order valence-electron chi connectivity index (χ0n) is 10.2. The van der Waals surface area contributed by atoms with E-state index in [1.807, 2.05) is 18.2 Å². The minimum Gasteiger partial charge on any atom is -0.398 e. The summed E-state index contributed by atoms with van der Waals surface area (Å²) >= 11 is 3.37. The molecule has 3 nitrogen and oxygen atoms in total. The van der Waals surface area contributed by atoms with Crippen LogP contribution in [0.3, 0.4) is 0 Å². The molecule has 0 aliphatic carbocycles. The predicted octanol–water partition coefficient (Wildman–Crippen LogP) is 3.29. The molecule has 0 fully saturated rings. The van der Waals surface area contributed by atoms with Crippen LogP contribution in [0, 0.1) is 0 Å². The Bertz CT molecular complexity index is 667. The number of fused-ring (bicyclic) bond motifs is 1. The lowest BCUT2D eigenvalue weighted by atomic mass is 9.99. The highest BCUT2D eigenvalue weighted by Crippen LogP contribution is 2.27. The Balaban J connectivity index is 2.02. The Morgan fingerprint density at radius 3 is 2.79 bits per heavy atom. The molecule has 3 rings (SSSR count). The first-order chi connectivity index (χ1) is 9.16. The summed E-state index contributed by atoms with van der Waals surface area (Å²) in [7, 11) is 0. The third-order valence-corrected chi connectivity index (χ3v) is 4.14. The zero-order valence-corrected chi connectivity index (χ0v) is 11.7. The second kappa shape index (κ2) is 4.79. The molecule has 0 bridgehead atoms. The summed E-state index contributed by atoms with van der Waals surface area (Å²) in [6, 6.07) is 11.0. The van der Waals surface area contributed by atoms with E-state index in [0.29, 0.717) is 34.5 Å². The minimum absolute atomic E-state index is 0.0334. The van der Waals surface area contributed by atoms with Crippen molar-refractivity contribution < 1.29 is 9.53 Å². The largest absolute Gasteiger partial charge is 0.398 e. The van der Waals surface area contributed by atoms with Crippen LogP contribution < -0.4 is 5.73 Å². The summed E-state index contributed by atoms with van der Waals surface area (Å²) in [4.78, 5) is 12.5. The fourth-order valence-corrected chi connectivity index (χ4v) is 2.64. The molecule has 19 heavy (non-hydrogen) atoms. The third-order valence-electron chi connectivity index (χ3n) is 3.26. The maximum absolute atomic E-state index is 12.5. The zero-order chi connectivity index (χ0) is 13.4. The van der Waals surface area contributed by atoms with Crippen molar-refractivity contribution in [2.24, 2.45) is 0 Å². The summed E-state index contributed by atoms with van der Waals surface area (Å²) in [5.41, 5.74) is 9.86. The molecule has 4 heteroatoms. The lowest BCUT2D eigenvalue weighted by molar-refractivity contribution is 0.103. The summed E-state index contributed by atoms with van der Waals surface area (Å²) in [5, 5.41) is 0. The highest BCUT2D eigenvalue weighted by molar-refractivity contribution is 9.10. The average Bonchev–Trinajstić information content (AvgIpc) is 2.88. The standard InChI is InChI=1S/C15H12BrNO2/c16-14-12(2-1-3-13(14)17)15(18)9-4-5-10-7-19-8-11(10)6-9/h1-6H,7-8,17H2. The minimum atomic E-state index is -0.0334. The number of anilines is 1. The highest BCUT2D eigenvalue weighted by Gasteiger charge is 2.17. The van der Waals surface area contributed by atoms with E-state index < -0.39 is 0 Å². The summed E-state index contributed by atoms with van der Waals surface area (Å²) in [5.74, 6) is -0.0334. The van der Waals surface area contributed by atoms with Gasteiger partial charge in [-0.1, -0.05) is 18.2 Å². The molecule has 0 saturated carbocycles. The Labute approximate surface area is 119 Å². The number of rotatable bonds is 2. The second-order valence-electron chi connectivity index (χ2n) is 4.51. The van der Waals surface area contributed by atoms with Gasteiger partial charge in [0.1, 0.15) is 0 Å². The maximum Gasteiger partial charge on any atom is 0.194 e. The van der Waals surface area contributed by atoms with E-state index in [2.05, 4.69) is 15.9 Å². The number of hydrogen-bond acceptors (Lipinski definition) is 3. The molecule has 2 aromatic rings. The maximum atomic E-state index is 12.5. The first kappa shape index (κ1) is 12.4. The van der Waals surface area contributed by atoms with Crippen molar-refractivity contribution in [1.29, 1.82) is 0 Å². The number of carbonyl (C=O) groups excluding carboxylic acids is 1. The van der Waals surface area contributed by atoms with Crippen molar-refractivity contribution >= 4 is 27.4 Å². The number of ketones is 1. The monoisotopic (exact) mass is 317 g/mol. The van der Waals surface area contributed by atoms with Crippen molar-refractivity contribution in [3.63, 3.8) is 0 Å². The van der Waals surface area contributed by atoms with E-state index in [4.69, 9.17) is 10.5 Å². The average molecular weight is 318 g/mol. The van der Waals surface area contributed by atoms with E-state index >= 15 is 0 Å². The van der Waals surface area contributed by atoms with E-state index in [9.17, 15) is 4.79 Å². The Hall–Kier alpha value is -1.65. The molecule has 0 radical (unpaired) electrons. The Kier molecular flexibility index (Phi) is 3.12. The highest BCUT2D eigenvalue weighted by atomic mass is 79.9. The number of hydrogen-bond donors (Lipinski definition) is 1.